The zero-order valence-electron chi connectivity index (χ0n) is 9.72. The van der Waals surface area contributed by atoms with Crippen molar-refractivity contribution in [3.8, 4) is 11.1 Å². The average molecular weight is 225 g/mol. The smallest absolute Gasteiger partial charge is 0.192 e. The lowest BCUT2D eigenvalue weighted by Gasteiger charge is -2.06. The van der Waals surface area contributed by atoms with Gasteiger partial charge in [-0.2, -0.15) is 0 Å². The number of nitrogens with zero attached hydrogens (tertiary/aromatic N) is 1. The largest absolute Gasteiger partial charge is 0.370 e. The molecule has 2 rings (SSSR count). The fraction of sp³-hybridized carbons (Fsp3) is 0.0714. The molecule has 0 aliphatic heterocycles. The van der Waals surface area contributed by atoms with Crippen LogP contribution < -0.4 is 11.1 Å². The van der Waals surface area contributed by atoms with Crippen LogP contribution >= 0.6 is 0 Å². The number of nitrogens with two attached hydrogens (primary N) is 1. The van der Waals surface area contributed by atoms with Crippen LogP contribution in [0.5, 0.6) is 0 Å². The van der Waals surface area contributed by atoms with Crippen molar-refractivity contribution in [2.45, 2.75) is 0 Å². The number of hydrogen-bond acceptors (Lipinski definition) is 1. The minimum absolute atomic E-state index is 0.414. The zero-order valence-corrected chi connectivity index (χ0v) is 9.72. The van der Waals surface area contributed by atoms with Crippen LogP contribution in [0.2, 0.25) is 0 Å². The first kappa shape index (κ1) is 11.2. The highest BCUT2D eigenvalue weighted by Gasteiger charge is 1.97. The van der Waals surface area contributed by atoms with E-state index in [2.05, 4.69) is 34.6 Å². The Bertz CT molecular complexity index is 501. The van der Waals surface area contributed by atoms with Gasteiger partial charge in [0.2, 0.25) is 0 Å². The molecule has 0 spiro atoms. The van der Waals surface area contributed by atoms with Crippen molar-refractivity contribution in [2.75, 3.05) is 12.4 Å². The third kappa shape index (κ3) is 2.84. The average Bonchev–Trinajstić information content (AvgIpc) is 2.40. The lowest BCUT2D eigenvalue weighted by atomic mass is 10.1. The van der Waals surface area contributed by atoms with Gasteiger partial charge >= 0.3 is 0 Å². The first-order chi connectivity index (χ1) is 8.29. The van der Waals surface area contributed by atoms with Gasteiger partial charge in [0.15, 0.2) is 5.96 Å². The Morgan fingerprint density at radius 1 is 0.941 bits per heavy atom. The topological polar surface area (TPSA) is 50.4 Å². The predicted octanol–water partition coefficient (Wildman–Crippen LogP) is 2.71. The molecular weight excluding hydrogens is 210 g/mol. The van der Waals surface area contributed by atoms with E-state index in [0.29, 0.717) is 5.96 Å². The number of benzene rings is 2. The van der Waals surface area contributed by atoms with E-state index in [4.69, 9.17) is 5.73 Å². The van der Waals surface area contributed by atoms with Gasteiger partial charge in [-0.15, -0.1) is 0 Å². The van der Waals surface area contributed by atoms with E-state index in [1.807, 2.05) is 30.3 Å². The van der Waals surface area contributed by atoms with Gasteiger partial charge in [0.25, 0.3) is 0 Å². The molecule has 0 atom stereocenters. The van der Waals surface area contributed by atoms with Crippen molar-refractivity contribution in [1.82, 2.24) is 0 Å². The lowest BCUT2D eigenvalue weighted by molar-refractivity contribution is 1.38. The van der Waals surface area contributed by atoms with Gasteiger partial charge in [-0.05, 0) is 23.3 Å². The summed E-state index contributed by atoms with van der Waals surface area (Å²) in [5.74, 6) is 0.414. The number of nitrogens with one attached hydrogen (secondary N) is 1. The highest BCUT2D eigenvalue weighted by atomic mass is 15.1. The number of hydrogen-bond donors (Lipinski definition) is 2. The number of rotatable bonds is 2. The van der Waals surface area contributed by atoms with E-state index in [9.17, 15) is 0 Å². The monoisotopic (exact) mass is 225 g/mol. The van der Waals surface area contributed by atoms with E-state index in [1.54, 1.807) is 7.05 Å². The van der Waals surface area contributed by atoms with Crippen LogP contribution in [0.4, 0.5) is 5.69 Å². The predicted molar refractivity (Wildman–Crippen MR) is 73.0 cm³/mol. The molecule has 0 saturated carbocycles. The summed E-state index contributed by atoms with van der Waals surface area (Å²) in [7, 11) is 1.65. The second-order valence-corrected chi connectivity index (χ2v) is 3.68. The third-order valence-electron chi connectivity index (χ3n) is 2.51. The van der Waals surface area contributed by atoms with Gasteiger partial charge in [-0.3, -0.25) is 4.99 Å². The van der Waals surface area contributed by atoms with Crippen LogP contribution in [0.25, 0.3) is 11.1 Å². The Labute approximate surface area is 101 Å². The number of aliphatic imine (C=N–C) groups is 1. The van der Waals surface area contributed by atoms with Crippen LogP contribution in [0.15, 0.2) is 59.6 Å². The van der Waals surface area contributed by atoms with Crippen molar-refractivity contribution in [3.63, 3.8) is 0 Å². The molecule has 0 aliphatic rings. The summed E-state index contributed by atoms with van der Waals surface area (Å²) in [4.78, 5) is 3.85. The van der Waals surface area contributed by atoms with Crippen molar-refractivity contribution in [1.29, 1.82) is 0 Å². The summed E-state index contributed by atoms with van der Waals surface area (Å²) in [6.45, 7) is 0. The maximum atomic E-state index is 5.59. The SMILES string of the molecule is CN=C(N)Nc1ccc(-c2ccccc2)cc1. The Hall–Kier alpha value is -2.29. The fourth-order valence-corrected chi connectivity index (χ4v) is 1.58. The molecule has 0 amide bonds. The molecule has 0 unspecified atom stereocenters. The molecule has 0 aliphatic carbocycles. The molecule has 0 fully saturated rings. The molecule has 3 N–H and O–H groups in total. The van der Waals surface area contributed by atoms with Crippen LogP contribution in [0.1, 0.15) is 0 Å². The molecule has 17 heavy (non-hydrogen) atoms. The standard InChI is InChI=1S/C14H15N3/c1-16-14(15)17-13-9-7-12(8-10-13)11-5-3-2-4-6-11/h2-10H,1H3,(H3,15,16,17). The van der Waals surface area contributed by atoms with Gasteiger partial charge in [-0.25, -0.2) is 0 Å². The Morgan fingerprint density at radius 3 is 2.12 bits per heavy atom. The Kier molecular flexibility index (Phi) is 3.40. The second-order valence-electron chi connectivity index (χ2n) is 3.68. The van der Waals surface area contributed by atoms with E-state index in [0.717, 1.165) is 5.69 Å². The fourth-order valence-electron chi connectivity index (χ4n) is 1.58. The van der Waals surface area contributed by atoms with E-state index >= 15 is 0 Å². The van der Waals surface area contributed by atoms with Crippen molar-refractivity contribution >= 4 is 11.6 Å². The Balaban J connectivity index is 2.19. The van der Waals surface area contributed by atoms with E-state index < -0.39 is 0 Å². The van der Waals surface area contributed by atoms with E-state index in [-0.39, 0.29) is 0 Å². The maximum absolute atomic E-state index is 5.59. The first-order valence-corrected chi connectivity index (χ1v) is 5.44. The first-order valence-electron chi connectivity index (χ1n) is 5.44. The lowest BCUT2D eigenvalue weighted by Crippen LogP contribution is -2.21. The minimum Gasteiger partial charge on any atom is -0.370 e. The molecule has 2 aromatic rings. The molecule has 3 heteroatoms. The van der Waals surface area contributed by atoms with Gasteiger partial charge in [0.05, 0.1) is 0 Å². The second kappa shape index (κ2) is 5.16. The van der Waals surface area contributed by atoms with Crippen LogP contribution in [0, 0.1) is 0 Å². The summed E-state index contributed by atoms with van der Waals surface area (Å²) in [5, 5.41) is 3.00. The number of guanidine groups is 1. The van der Waals surface area contributed by atoms with Gasteiger partial charge in [0.1, 0.15) is 0 Å². The maximum Gasteiger partial charge on any atom is 0.192 e. The normalized spacial score (nSPS) is 11.2. The quantitative estimate of drug-likeness (QED) is 0.610. The Morgan fingerprint density at radius 2 is 1.53 bits per heavy atom. The van der Waals surface area contributed by atoms with Crippen molar-refractivity contribution < 1.29 is 0 Å². The highest BCUT2D eigenvalue weighted by Crippen LogP contribution is 2.20. The molecular formula is C14H15N3. The van der Waals surface area contributed by atoms with Crippen molar-refractivity contribution in [2.24, 2.45) is 10.7 Å². The number of anilines is 1. The molecule has 0 radical (unpaired) electrons. The van der Waals surface area contributed by atoms with Gasteiger partial charge in [0, 0.05) is 12.7 Å². The molecule has 0 heterocycles. The molecule has 0 saturated heterocycles. The summed E-state index contributed by atoms with van der Waals surface area (Å²) in [6.07, 6.45) is 0. The summed E-state index contributed by atoms with van der Waals surface area (Å²) >= 11 is 0. The summed E-state index contributed by atoms with van der Waals surface area (Å²) < 4.78 is 0. The molecule has 2 aromatic carbocycles. The third-order valence-corrected chi connectivity index (χ3v) is 2.51. The van der Waals surface area contributed by atoms with Crippen molar-refractivity contribution in [3.05, 3.63) is 54.6 Å². The summed E-state index contributed by atoms with van der Waals surface area (Å²) in [6, 6.07) is 18.3. The molecule has 3 nitrogen and oxygen atoms in total. The van der Waals surface area contributed by atoms with Crippen LogP contribution in [-0.4, -0.2) is 13.0 Å². The molecule has 0 aromatic heterocycles. The van der Waals surface area contributed by atoms with Gasteiger partial charge < -0.3 is 11.1 Å². The van der Waals surface area contributed by atoms with Gasteiger partial charge in [-0.1, -0.05) is 42.5 Å². The minimum atomic E-state index is 0.414. The zero-order chi connectivity index (χ0) is 12.1. The van der Waals surface area contributed by atoms with Crippen LogP contribution in [0.3, 0.4) is 0 Å². The highest BCUT2D eigenvalue weighted by molar-refractivity contribution is 5.92. The molecule has 86 valence electrons. The van der Waals surface area contributed by atoms with Crippen LogP contribution in [-0.2, 0) is 0 Å². The van der Waals surface area contributed by atoms with E-state index in [1.165, 1.54) is 11.1 Å². The summed E-state index contributed by atoms with van der Waals surface area (Å²) in [5.41, 5.74) is 8.92. The molecule has 0 bridgehead atoms.